The van der Waals surface area contributed by atoms with Gasteiger partial charge < -0.3 is 48.1 Å². The molecule has 0 saturated carbocycles. The fourth-order valence-corrected chi connectivity index (χ4v) is 6.30. The van der Waals surface area contributed by atoms with Gasteiger partial charge in [-0.2, -0.15) is 0 Å². The predicted molar refractivity (Wildman–Crippen MR) is 195 cm³/mol. The quantitative estimate of drug-likeness (QED) is 0.135. The van der Waals surface area contributed by atoms with Gasteiger partial charge in [-0.3, -0.25) is 24.0 Å². The number of carbonyl (C=O) groups excluding carboxylic acids is 5. The molecule has 4 aromatic carbocycles. The molecule has 4 unspecified atom stereocenters. The van der Waals surface area contributed by atoms with E-state index in [1.54, 1.807) is 30.3 Å². The number of methoxy groups -OCH3 is 1. The Labute approximate surface area is 321 Å². The highest BCUT2D eigenvalue weighted by atomic mass is 16.6. The van der Waals surface area contributed by atoms with E-state index in [0.29, 0.717) is 11.3 Å². The first-order valence-corrected chi connectivity index (χ1v) is 17.2. The smallest absolute Gasteiger partial charge is 0.308 e. The summed E-state index contributed by atoms with van der Waals surface area (Å²) < 4.78 is 42.7. The Morgan fingerprint density at radius 2 is 1.12 bits per heavy atom. The Hall–Kier alpha value is -6.29. The highest BCUT2D eigenvalue weighted by molar-refractivity contribution is 5.77. The minimum Gasteiger partial charge on any atom is -0.488 e. The van der Waals surface area contributed by atoms with Crippen LogP contribution in [0.25, 0.3) is 0 Å². The van der Waals surface area contributed by atoms with Crippen LogP contribution < -0.4 is 33.2 Å². The number of esters is 5. The summed E-state index contributed by atoms with van der Waals surface area (Å²) in [7, 11) is 1.39. The normalized spacial score (nSPS) is 19.2. The van der Waals surface area contributed by atoms with Gasteiger partial charge in [-0.05, 0) is 47.5 Å². The number of aliphatic hydroxyl groups excluding tert-OH is 1. The number of hydrogen-bond acceptors (Lipinski definition) is 15. The number of aliphatic hydroxyl groups is 2. The molecule has 15 nitrogen and oxygen atoms in total. The first-order valence-electron chi connectivity index (χ1n) is 17.2. The average Bonchev–Trinajstić information content (AvgIpc) is 3.14. The first-order chi connectivity index (χ1) is 26.6. The third-order valence-electron chi connectivity index (χ3n) is 8.62. The van der Waals surface area contributed by atoms with Crippen LogP contribution >= 0.6 is 0 Å². The molecule has 0 bridgehead atoms. The standard InChI is InChI=1S/C21H20O8.C20H20O7/c1-11(22)27-15-6-4-14(5-7-15)17-10-26-20-16(19(17)25)8-9-18(28-12(2)23)21(20)29-13(3)24;1-12(21)26-17-10-9-15-18(19(17)27-13(2)22)25-11-16(20(15,23)24-3)14-7-5-4-6-8-14/h4-9,17,19,25H,10H2,1-3H3;4-10,16,23H,11H2,1-3H3. The van der Waals surface area contributed by atoms with Crippen molar-refractivity contribution in [3.05, 3.63) is 101 Å². The molecule has 0 aromatic heterocycles. The molecule has 0 aliphatic carbocycles. The molecule has 294 valence electrons. The van der Waals surface area contributed by atoms with Gasteiger partial charge in [-0.1, -0.05) is 42.5 Å². The van der Waals surface area contributed by atoms with Crippen molar-refractivity contribution in [2.75, 3.05) is 20.3 Å². The average molecular weight is 773 g/mol. The fraction of sp³-hybridized carbons (Fsp3) is 0.293. The van der Waals surface area contributed by atoms with Gasteiger partial charge in [-0.15, -0.1) is 0 Å². The number of hydrogen-bond donors (Lipinski definition) is 2. The van der Waals surface area contributed by atoms with Gasteiger partial charge in [0.1, 0.15) is 12.4 Å². The van der Waals surface area contributed by atoms with Crippen LogP contribution in [0.3, 0.4) is 0 Å². The van der Waals surface area contributed by atoms with Crippen LogP contribution in [-0.4, -0.2) is 60.4 Å². The Bertz CT molecular complexity index is 2110. The molecule has 0 fully saturated rings. The van der Waals surface area contributed by atoms with E-state index in [9.17, 15) is 34.2 Å². The van der Waals surface area contributed by atoms with E-state index in [1.165, 1.54) is 59.9 Å². The number of benzene rings is 4. The zero-order chi connectivity index (χ0) is 40.7. The monoisotopic (exact) mass is 772 g/mol. The van der Waals surface area contributed by atoms with Crippen LogP contribution in [-0.2, 0) is 34.5 Å². The molecule has 2 aliphatic rings. The van der Waals surface area contributed by atoms with Gasteiger partial charge >= 0.3 is 29.8 Å². The number of rotatable bonds is 8. The van der Waals surface area contributed by atoms with E-state index >= 15 is 0 Å². The molecule has 4 atom stereocenters. The summed E-state index contributed by atoms with van der Waals surface area (Å²) in [4.78, 5) is 56.8. The SMILES string of the molecule is CC(=O)Oc1ccc(C2COc3c(ccc(OC(C)=O)c3OC(C)=O)C2O)cc1.COC1(O)c2ccc(OC(C)=O)c(OC(C)=O)c2OCC1c1ccccc1. The van der Waals surface area contributed by atoms with Gasteiger partial charge in [0.25, 0.3) is 0 Å². The van der Waals surface area contributed by atoms with Crippen molar-refractivity contribution in [2.24, 2.45) is 0 Å². The van der Waals surface area contributed by atoms with Crippen LogP contribution in [0.4, 0.5) is 0 Å². The molecular formula is C41H40O15. The van der Waals surface area contributed by atoms with Gasteiger partial charge in [-0.25, -0.2) is 0 Å². The zero-order valence-corrected chi connectivity index (χ0v) is 31.4. The van der Waals surface area contributed by atoms with E-state index in [4.69, 9.17) is 37.9 Å². The molecule has 56 heavy (non-hydrogen) atoms. The van der Waals surface area contributed by atoms with E-state index in [1.807, 2.05) is 30.3 Å². The fourth-order valence-electron chi connectivity index (χ4n) is 6.30. The van der Waals surface area contributed by atoms with Crippen LogP contribution in [0.1, 0.15) is 74.8 Å². The van der Waals surface area contributed by atoms with Crippen molar-refractivity contribution in [3.8, 4) is 40.2 Å². The zero-order valence-electron chi connectivity index (χ0n) is 31.4. The number of carbonyl (C=O) groups is 5. The molecule has 15 heteroatoms. The second kappa shape index (κ2) is 17.5. The van der Waals surface area contributed by atoms with Gasteiger partial charge in [0, 0.05) is 53.2 Å². The molecule has 2 heterocycles. The highest BCUT2D eigenvalue weighted by Crippen LogP contribution is 2.52. The lowest BCUT2D eigenvalue weighted by Gasteiger charge is -2.40. The Morgan fingerprint density at radius 3 is 1.66 bits per heavy atom. The van der Waals surface area contributed by atoms with E-state index in [-0.39, 0.29) is 53.3 Å². The predicted octanol–water partition coefficient (Wildman–Crippen LogP) is 5.18. The molecule has 0 spiro atoms. The Kier molecular flexibility index (Phi) is 12.7. The van der Waals surface area contributed by atoms with Gasteiger partial charge in [0.05, 0.1) is 24.2 Å². The summed E-state index contributed by atoms with van der Waals surface area (Å²) in [6.07, 6.45) is -0.959. The molecule has 2 N–H and O–H groups in total. The minimum atomic E-state index is -1.72. The highest BCUT2D eigenvalue weighted by Gasteiger charge is 2.47. The lowest BCUT2D eigenvalue weighted by atomic mass is 9.84. The summed E-state index contributed by atoms with van der Waals surface area (Å²) in [6, 6.07) is 22.0. The Balaban J connectivity index is 0.000000215. The van der Waals surface area contributed by atoms with Gasteiger partial charge in [0.15, 0.2) is 23.0 Å². The second-order valence-electron chi connectivity index (χ2n) is 12.7. The molecule has 4 aromatic rings. The summed E-state index contributed by atoms with van der Waals surface area (Å²) in [5, 5.41) is 22.2. The number of ether oxygens (including phenoxy) is 8. The van der Waals surface area contributed by atoms with Crippen molar-refractivity contribution < 1.29 is 72.1 Å². The molecule has 0 radical (unpaired) electrons. The third kappa shape index (κ3) is 9.14. The van der Waals surface area contributed by atoms with Gasteiger partial charge in [0.2, 0.25) is 17.3 Å². The van der Waals surface area contributed by atoms with Crippen LogP contribution in [0.5, 0.6) is 40.2 Å². The maximum Gasteiger partial charge on any atom is 0.308 e. The Morgan fingerprint density at radius 1 is 0.607 bits per heavy atom. The maximum absolute atomic E-state index is 11.5. The summed E-state index contributed by atoms with van der Waals surface area (Å²) in [5.41, 5.74) is 2.28. The second-order valence-corrected chi connectivity index (χ2v) is 12.7. The van der Waals surface area contributed by atoms with Crippen molar-refractivity contribution in [2.45, 2.75) is 58.3 Å². The minimum absolute atomic E-state index is 0.0214. The summed E-state index contributed by atoms with van der Waals surface area (Å²) >= 11 is 0. The van der Waals surface area contributed by atoms with Crippen molar-refractivity contribution in [3.63, 3.8) is 0 Å². The van der Waals surface area contributed by atoms with E-state index in [2.05, 4.69) is 0 Å². The molecular weight excluding hydrogens is 732 g/mol. The molecule has 0 amide bonds. The topological polar surface area (TPSA) is 200 Å². The largest absolute Gasteiger partial charge is 0.488 e. The summed E-state index contributed by atoms with van der Waals surface area (Å²) in [6.45, 7) is 6.36. The van der Waals surface area contributed by atoms with E-state index in [0.717, 1.165) is 11.1 Å². The number of fused-ring (bicyclic) bond motifs is 2. The van der Waals surface area contributed by atoms with Crippen molar-refractivity contribution in [1.82, 2.24) is 0 Å². The first kappa shape index (κ1) is 40.9. The lowest BCUT2D eigenvalue weighted by molar-refractivity contribution is -0.224. The van der Waals surface area contributed by atoms with Crippen LogP contribution in [0.2, 0.25) is 0 Å². The van der Waals surface area contributed by atoms with Crippen LogP contribution in [0.15, 0.2) is 78.9 Å². The van der Waals surface area contributed by atoms with Crippen molar-refractivity contribution in [1.29, 1.82) is 0 Å². The molecule has 6 rings (SSSR count). The van der Waals surface area contributed by atoms with E-state index < -0.39 is 53.6 Å². The molecule has 2 aliphatic heterocycles. The van der Waals surface area contributed by atoms with Crippen molar-refractivity contribution >= 4 is 29.8 Å². The summed E-state index contributed by atoms with van der Waals surface area (Å²) in [5.74, 6) is -4.88. The van der Waals surface area contributed by atoms with Crippen LogP contribution in [0, 0.1) is 0 Å². The third-order valence-corrected chi connectivity index (χ3v) is 8.62. The lowest BCUT2D eigenvalue weighted by Crippen LogP contribution is -2.42. The molecule has 0 saturated heterocycles. The maximum atomic E-state index is 11.5.